The second-order valence-corrected chi connectivity index (χ2v) is 11.4. The van der Waals surface area contributed by atoms with E-state index < -0.39 is 78.7 Å². The number of rotatable bonds is 2. The average Bonchev–Trinajstić information content (AvgIpc) is 3.11. The standard InChI is InChI=1S/C15H16F6N2O7S2/c1-7-6-23(32(27,28)15(19,20)21)11(29-7)8-4-5-22(31(25,26)14(16,17)18)10-9(8)30-12(24)13(10,2)3/h4-5,7,9-10H,6H2,1-3H3/b11-8+. The molecular formula is C15H16F6N2O7S2. The number of esters is 1. The van der Waals surface area contributed by atoms with Crippen LogP contribution in [0.5, 0.6) is 0 Å². The van der Waals surface area contributed by atoms with E-state index in [2.05, 4.69) is 0 Å². The highest BCUT2D eigenvalue weighted by atomic mass is 32.2. The lowest BCUT2D eigenvalue weighted by molar-refractivity contribution is -0.146. The summed E-state index contributed by atoms with van der Waals surface area (Å²) in [6, 6.07) is -1.89. The second-order valence-electron chi connectivity index (χ2n) is 7.76. The van der Waals surface area contributed by atoms with E-state index in [1.807, 2.05) is 0 Å². The van der Waals surface area contributed by atoms with Gasteiger partial charge in [0, 0.05) is 6.20 Å². The lowest BCUT2D eigenvalue weighted by atomic mass is 9.81. The summed E-state index contributed by atoms with van der Waals surface area (Å²) >= 11 is 0. The molecule has 3 rings (SSSR count). The van der Waals surface area contributed by atoms with Crippen LogP contribution in [-0.4, -0.2) is 67.2 Å². The Hall–Kier alpha value is -2.17. The quantitative estimate of drug-likeness (QED) is 0.408. The molecule has 0 N–H and O–H groups in total. The van der Waals surface area contributed by atoms with Crippen molar-refractivity contribution < 1.29 is 57.4 Å². The molecule has 0 aromatic rings. The maximum atomic E-state index is 13.2. The number of carbonyl (C=O) groups excluding carboxylic acids is 1. The van der Waals surface area contributed by atoms with Crippen molar-refractivity contribution in [2.24, 2.45) is 5.41 Å². The van der Waals surface area contributed by atoms with Crippen molar-refractivity contribution in [3.63, 3.8) is 0 Å². The van der Waals surface area contributed by atoms with Crippen LogP contribution < -0.4 is 0 Å². The van der Waals surface area contributed by atoms with Crippen molar-refractivity contribution in [1.82, 2.24) is 8.61 Å². The highest BCUT2D eigenvalue weighted by Crippen LogP contribution is 2.48. The third-order valence-electron chi connectivity index (χ3n) is 5.13. The number of hydrogen-bond donors (Lipinski definition) is 0. The lowest BCUT2D eigenvalue weighted by Gasteiger charge is -2.38. The van der Waals surface area contributed by atoms with Crippen LogP contribution in [0, 0.1) is 5.41 Å². The van der Waals surface area contributed by atoms with Gasteiger partial charge in [-0.15, -0.1) is 0 Å². The maximum absolute atomic E-state index is 13.2. The first-order chi connectivity index (χ1) is 14.2. The summed E-state index contributed by atoms with van der Waals surface area (Å²) in [5.74, 6) is -2.07. The Morgan fingerprint density at radius 3 is 2.03 bits per heavy atom. The molecular weight excluding hydrogens is 498 g/mol. The summed E-state index contributed by atoms with van der Waals surface area (Å²) in [5.41, 5.74) is -13.9. The average molecular weight is 514 g/mol. The van der Waals surface area contributed by atoms with E-state index in [-0.39, 0.29) is 8.61 Å². The zero-order valence-corrected chi connectivity index (χ0v) is 18.1. The van der Waals surface area contributed by atoms with Crippen molar-refractivity contribution >= 4 is 26.0 Å². The summed E-state index contributed by atoms with van der Waals surface area (Å²) in [6.07, 6.45) is -1.96. The van der Waals surface area contributed by atoms with Crippen LogP contribution in [0.25, 0.3) is 0 Å². The molecule has 0 aromatic carbocycles. The van der Waals surface area contributed by atoms with Crippen molar-refractivity contribution in [3.8, 4) is 0 Å². The monoisotopic (exact) mass is 514 g/mol. The number of sulfonamides is 2. The van der Waals surface area contributed by atoms with Gasteiger partial charge in [0.15, 0.2) is 6.10 Å². The molecule has 0 saturated carbocycles. The Balaban J connectivity index is 2.25. The van der Waals surface area contributed by atoms with Crippen LogP contribution in [0.3, 0.4) is 0 Å². The molecule has 0 bridgehead atoms. The predicted molar refractivity (Wildman–Crippen MR) is 92.7 cm³/mol. The molecule has 3 atom stereocenters. The fourth-order valence-electron chi connectivity index (χ4n) is 3.55. The first kappa shape index (κ1) is 24.5. The molecule has 3 heterocycles. The van der Waals surface area contributed by atoms with E-state index in [4.69, 9.17) is 9.47 Å². The number of ether oxygens (including phenoxy) is 2. The SMILES string of the molecule is CC1CN(S(=O)(=O)C(F)(F)F)/C(=C2/C=CN(S(=O)(=O)C(F)(F)F)C3C2OC(=O)C3(C)C)O1. The first-order valence-corrected chi connectivity index (χ1v) is 11.6. The number of hydrogen-bond acceptors (Lipinski definition) is 7. The van der Waals surface area contributed by atoms with Crippen LogP contribution in [0.1, 0.15) is 20.8 Å². The van der Waals surface area contributed by atoms with Crippen molar-refractivity contribution in [3.05, 3.63) is 23.7 Å². The zero-order chi connectivity index (χ0) is 24.7. The minimum atomic E-state index is -6.03. The smallest absolute Gasteiger partial charge is 0.473 e. The highest BCUT2D eigenvalue weighted by molar-refractivity contribution is 7.90. The number of fused-ring (bicyclic) bond motifs is 1. The van der Waals surface area contributed by atoms with Gasteiger partial charge in [-0.25, -0.2) is 4.31 Å². The molecule has 17 heteroatoms. The molecule has 2 fully saturated rings. The third kappa shape index (κ3) is 3.39. The van der Waals surface area contributed by atoms with Gasteiger partial charge in [0.25, 0.3) is 0 Å². The van der Waals surface area contributed by atoms with Crippen LogP contribution in [0.2, 0.25) is 0 Å². The Bertz CT molecular complexity index is 1110. The summed E-state index contributed by atoms with van der Waals surface area (Å²) in [4.78, 5) is 12.3. The molecule has 32 heavy (non-hydrogen) atoms. The summed E-state index contributed by atoms with van der Waals surface area (Å²) in [5, 5.41) is 0. The van der Waals surface area contributed by atoms with Crippen LogP contribution in [-0.2, 0) is 34.3 Å². The van der Waals surface area contributed by atoms with Gasteiger partial charge in [-0.3, -0.25) is 9.10 Å². The third-order valence-corrected chi connectivity index (χ3v) is 8.10. The first-order valence-electron chi connectivity index (χ1n) is 8.73. The molecule has 3 aliphatic rings. The summed E-state index contributed by atoms with van der Waals surface area (Å²) < 4.78 is 137. The van der Waals surface area contributed by atoms with Gasteiger partial charge in [-0.05, 0) is 26.8 Å². The molecule has 9 nitrogen and oxygen atoms in total. The molecule has 2 saturated heterocycles. The van der Waals surface area contributed by atoms with Crippen LogP contribution in [0.4, 0.5) is 26.3 Å². The number of carbonyl (C=O) groups is 1. The molecule has 0 aromatic heterocycles. The summed E-state index contributed by atoms with van der Waals surface area (Å²) in [7, 11) is -12.0. The van der Waals surface area contributed by atoms with Gasteiger partial charge in [0.2, 0.25) is 5.88 Å². The maximum Gasteiger partial charge on any atom is 0.516 e. The van der Waals surface area contributed by atoms with E-state index in [1.165, 1.54) is 6.92 Å². The number of halogens is 6. The Morgan fingerprint density at radius 2 is 1.53 bits per heavy atom. The largest absolute Gasteiger partial charge is 0.516 e. The molecule has 0 aliphatic carbocycles. The van der Waals surface area contributed by atoms with Gasteiger partial charge in [0.05, 0.1) is 17.5 Å². The fraction of sp³-hybridized carbons (Fsp3) is 0.667. The van der Waals surface area contributed by atoms with Gasteiger partial charge >= 0.3 is 37.0 Å². The van der Waals surface area contributed by atoms with Crippen molar-refractivity contribution in [2.45, 2.75) is 50.0 Å². The van der Waals surface area contributed by atoms with Gasteiger partial charge < -0.3 is 9.47 Å². The van der Waals surface area contributed by atoms with E-state index in [1.54, 1.807) is 0 Å². The zero-order valence-electron chi connectivity index (χ0n) is 16.4. The van der Waals surface area contributed by atoms with E-state index >= 15 is 0 Å². The minimum absolute atomic E-state index is 0.137. The topological polar surface area (TPSA) is 110 Å². The Kier molecular flexibility index (Phi) is 5.29. The number of alkyl halides is 6. The lowest BCUT2D eigenvalue weighted by Crippen LogP contribution is -2.54. The van der Waals surface area contributed by atoms with Crippen molar-refractivity contribution in [1.29, 1.82) is 0 Å². The molecule has 3 unspecified atom stereocenters. The Labute approximate surface area is 178 Å². The Morgan fingerprint density at radius 1 is 1.00 bits per heavy atom. The van der Waals surface area contributed by atoms with Crippen LogP contribution in [0.15, 0.2) is 23.7 Å². The van der Waals surface area contributed by atoms with E-state index in [0.717, 1.165) is 13.8 Å². The van der Waals surface area contributed by atoms with Gasteiger partial charge in [0.1, 0.15) is 12.1 Å². The molecule has 3 aliphatic heterocycles. The minimum Gasteiger partial charge on any atom is -0.473 e. The normalized spacial score (nSPS) is 30.9. The van der Waals surface area contributed by atoms with E-state index in [9.17, 15) is 48.0 Å². The highest BCUT2D eigenvalue weighted by Gasteiger charge is 2.63. The molecule has 0 amide bonds. The van der Waals surface area contributed by atoms with Gasteiger partial charge in [-0.2, -0.15) is 43.2 Å². The summed E-state index contributed by atoms with van der Waals surface area (Å²) in [6.45, 7) is 2.63. The fourth-order valence-corrected chi connectivity index (χ4v) is 5.70. The van der Waals surface area contributed by atoms with Crippen LogP contribution >= 0.6 is 0 Å². The molecule has 0 radical (unpaired) electrons. The number of nitrogens with zero attached hydrogens (tertiary/aromatic N) is 2. The molecule has 0 spiro atoms. The van der Waals surface area contributed by atoms with Gasteiger partial charge in [-0.1, -0.05) is 0 Å². The predicted octanol–water partition coefficient (Wildman–Crippen LogP) is 1.77. The molecule has 182 valence electrons. The van der Waals surface area contributed by atoms with E-state index in [0.29, 0.717) is 12.3 Å². The van der Waals surface area contributed by atoms with Crippen molar-refractivity contribution in [2.75, 3.05) is 6.54 Å². The second kappa shape index (κ2) is 6.91.